The van der Waals surface area contributed by atoms with Crippen molar-refractivity contribution in [3.8, 4) is 0 Å². The average Bonchev–Trinajstić information content (AvgIpc) is 3.00. The van der Waals surface area contributed by atoms with Gasteiger partial charge in [-0.2, -0.15) is 0 Å². The lowest BCUT2D eigenvalue weighted by Crippen LogP contribution is -2.19. The number of H-pyrrole nitrogens is 2. The number of fused-ring (bicyclic) bond motifs is 1. The number of carbonyl (C=O) groups is 3. The summed E-state index contributed by atoms with van der Waals surface area (Å²) in [5, 5.41) is 0.442. The van der Waals surface area contributed by atoms with Crippen LogP contribution in [0, 0.1) is 13.8 Å². The predicted octanol–water partition coefficient (Wildman–Crippen LogP) is 2.69. The van der Waals surface area contributed by atoms with E-state index in [0.717, 1.165) is 6.07 Å². The first-order chi connectivity index (χ1) is 13.8. The highest BCUT2D eigenvalue weighted by molar-refractivity contribution is 6.09. The van der Waals surface area contributed by atoms with Crippen LogP contribution in [-0.2, 0) is 9.47 Å². The highest BCUT2D eigenvalue weighted by Crippen LogP contribution is 2.20. The third-order valence-electron chi connectivity index (χ3n) is 4.42. The normalized spacial score (nSPS) is 10.7. The number of aryl methyl sites for hydroxylation is 2. The molecule has 8 nitrogen and oxygen atoms in total. The van der Waals surface area contributed by atoms with Crippen molar-refractivity contribution in [3.05, 3.63) is 68.8 Å². The van der Waals surface area contributed by atoms with Crippen molar-refractivity contribution < 1.29 is 23.9 Å². The van der Waals surface area contributed by atoms with Gasteiger partial charge in [0, 0.05) is 28.4 Å². The second kappa shape index (κ2) is 8.14. The van der Waals surface area contributed by atoms with Gasteiger partial charge in [0.15, 0.2) is 12.0 Å². The van der Waals surface area contributed by atoms with E-state index < -0.39 is 24.3 Å². The molecule has 0 saturated carbocycles. The minimum atomic E-state index is -0.844. The number of rotatable bonds is 6. The van der Waals surface area contributed by atoms with Crippen molar-refractivity contribution in [1.82, 2.24) is 9.97 Å². The van der Waals surface area contributed by atoms with E-state index in [0.29, 0.717) is 22.3 Å². The van der Waals surface area contributed by atoms with E-state index in [2.05, 4.69) is 9.97 Å². The first-order valence-corrected chi connectivity index (χ1v) is 9.02. The van der Waals surface area contributed by atoms with Crippen molar-refractivity contribution in [2.24, 2.45) is 0 Å². The minimum absolute atomic E-state index is 0.0610. The zero-order valence-corrected chi connectivity index (χ0v) is 16.3. The van der Waals surface area contributed by atoms with Gasteiger partial charge in [0.2, 0.25) is 5.78 Å². The molecular weight excluding hydrogens is 376 g/mol. The molecule has 0 atom stereocenters. The number of Topliss-reactive ketones (excluding diaryl/α,β-unsaturated/α-hetero) is 1. The Labute approximate surface area is 165 Å². The molecule has 0 spiro atoms. The third kappa shape index (κ3) is 3.96. The molecule has 2 aromatic heterocycles. The van der Waals surface area contributed by atoms with Crippen LogP contribution in [0.15, 0.2) is 35.1 Å². The molecule has 0 aliphatic rings. The van der Waals surface area contributed by atoms with Gasteiger partial charge in [-0.05, 0) is 32.9 Å². The van der Waals surface area contributed by atoms with E-state index in [1.54, 1.807) is 45.0 Å². The monoisotopic (exact) mass is 396 g/mol. The van der Waals surface area contributed by atoms with Crippen LogP contribution in [-0.4, -0.2) is 40.9 Å². The van der Waals surface area contributed by atoms with Crippen LogP contribution in [0.4, 0.5) is 0 Å². The van der Waals surface area contributed by atoms with Gasteiger partial charge >= 0.3 is 11.9 Å². The second-order valence-corrected chi connectivity index (χ2v) is 6.44. The summed E-state index contributed by atoms with van der Waals surface area (Å²) in [6.45, 7) is 4.55. The van der Waals surface area contributed by atoms with Crippen molar-refractivity contribution in [2.45, 2.75) is 20.8 Å². The summed E-state index contributed by atoms with van der Waals surface area (Å²) in [4.78, 5) is 55.1. The second-order valence-electron chi connectivity index (χ2n) is 6.44. The van der Waals surface area contributed by atoms with Gasteiger partial charge < -0.3 is 19.4 Å². The van der Waals surface area contributed by atoms with E-state index in [1.807, 2.05) is 0 Å². The van der Waals surface area contributed by atoms with Gasteiger partial charge in [-0.1, -0.05) is 12.1 Å². The number of carbonyl (C=O) groups excluding carboxylic acids is 3. The summed E-state index contributed by atoms with van der Waals surface area (Å²) < 4.78 is 10.1. The third-order valence-corrected chi connectivity index (χ3v) is 4.42. The molecule has 0 aliphatic heterocycles. The fourth-order valence-electron chi connectivity index (χ4n) is 3.18. The van der Waals surface area contributed by atoms with Crippen molar-refractivity contribution in [3.63, 3.8) is 0 Å². The Morgan fingerprint density at radius 3 is 2.34 bits per heavy atom. The van der Waals surface area contributed by atoms with Crippen LogP contribution in [0.25, 0.3) is 10.9 Å². The molecule has 150 valence electrons. The van der Waals surface area contributed by atoms with E-state index in [9.17, 15) is 19.2 Å². The van der Waals surface area contributed by atoms with E-state index in [1.165, 1.54) is 0 Å². The Kier molecular flexibility index (Phi) is 5.63. The predicted molar refractivity (Wildman–Crippen MR) is 105 cm³/mol. The summed E-state index contributed by atoms with van der Waals surface area (Å²) in [7, 11) is 0. The van der Waals surface area contributed by atoms with Gasteiger partial charge in [0.1, 0.15) is 5.69 Å². The number of para-hydroxylation sites is 1. The molecule has 29 heavy (non-hydrogen) atoms. The molecule has 0 bridgehead atoms. The molecule has 3 aromatic rings. The first kappa shape index (κ1) is 20.1. The summed E-state index contributed by atoms with van der Waals surface area (Å²) in [5.41, 5.74) is 1.32. The van der Waals surface area contributed by atoms with Crippen LogP contribution in [0.3, 0.4) is 0 Å². The number of ketones is 1. The lowest BCUT2D eigenvalue weighted by atomic mass is 10.1. The van der Waals surface area contributed by atoms with Gasteiger partial charge in [-0.15, -0.1) is 0 Å². The van der Waals surface area contributed by atoms with Crippen LogP contribution in [0.2, 0.25) is 0 Å². The van der Waals surface area contributed by atoms with Crippen LogP contribution in [0.1, 0.15) is 49.5 Å². The van der Waals surface area contributed by atoms with Crippen LogP contribution >= 0.6 is 0 Å². The molecule has 2 heterocycles. The largest absolute Gasteiger partial charge is 0.462 e. The number of hydrogen-bond donors (Lipinski definition) is 2. The number of pyridine rings is 1. The Balaban J connectivity index is 1.80. The molecule has 0 aliphatic carbocycles. The Hall–Kier alpha value is -3.68. The number of nitrogens with one attached hydrogen (secondary N) is 2. The average molecular weight is 396 g/mol. The zero-order chi connectivity index (χ0) is 21.1. The fourth-order valence-corrected chi connectivity index (χ4v) is 3.18. The Bertz CT molecular complexity index is 1170. The van der Waals surface area contributed by atoms with Gasteiger partial charge in [0.25, 0.3) is 0 Å². The lowest BCUT2D eigenvalue weighted by Gasteiger charge is -2.08. The quantitative estimate of drug-likeness (QED) is 0.488. The molecule has 1 aromatic carbocycles. The molecular formula is C21H20N2O6. The maximum atomic E-state index is 12.6. The maximum absolute atomic E-state index is 12.6. The molecule has 0 amide bonds. The lowest BCUT2D eigenvalue weighted by molar-refractivity contribution is 0.0467. The summed E-state index contributed by atoms with van der Waals surface area (Å²) in [5.74, 6) is -2.02. The number of aromatic nitrogens is 2. The van der Waals surface area contributed by atoms with E-state index in [-0.39, 0.29) is 28.9 Å². The number of hydrogen-bond acceptors (Lipinski definition) is 6. The van der Waals surface area contributed by atoms with Gasteiger partial charge in [-0.25, -0.2) is 9.59 Å². The molecule has 0 radical (unpaired) electrons. The standard InChI is InChI=1S/C21H20N2O6/c1-4-28-21(27)19-12(3)22-11(2)18(19)17(25)10-29-20(26)15-9-16(24)13-7-5-6-8-14(13)23-15/h5-9,22H,4,10H2,1-3H3,(H,23,24). The highest BCUT2D eigenvalue weighted by atomic mass is 16.5. The summed E-state index contributed by atoms with van der Waals surface area (Å²) in [6.07, 6.45) is 0. The molecule has 8 heteroatoms. The van der Waals surface area contributed by atoms with Crippen LogP contribution < -0.4 is 5.43 Å². The van der Waals surface area contributed by atoms with Gasteiger partial charge in [-0.3, -0.25) is 9.59 Å². The fraction of sp³-hybridized carbons (Fsp3) is 0.238. The number of aromatic amines is 2. The molecule has 3 rings (SSSR count). The Morgan fingerprint density at radius 1 is 0.931 bits per heavy atom. The summed E-state index contributed by atoms with van der Waals surface area (Å²) >= 11 is 0. The minimum Gasteiger partial charge on any atom is -0.462 e. The van der Waals surface area contributed by atoms with Crippen LogP contribution in [0.5, 0.6) is 0 Å². The Morgan fingerprint density at radius 2 is 1.62 bits per heavy atom. The first-order valence-electron chi connectivity index (χ1n) is 9.02. The van der Waals surface area contributed by atoms with Crippen molar-refractivity contribution >= 4 is 28.6 Å². The number of ether oxygens (including phenoxy) is 2. The van der Waals surface area contributed by atoms with Crippen molar-refractivity contribution in [1.29, 1.82) is 0 Å². The summed E-state index contributed by atoms with van der Waals surface area (Å²) in [6, 6.07) is 7.88. The van der Waals surface area contributed by atoms with E-state index >= 15 is 0 Å². The maximum Gasteiger partial charge on any atom is 0.355 e. The number of esters is 2. The molecule has 0 fully saturated rings. The van der Waals surface area contributed by atoms with Crippen molar-refractivity contribution in [2.75, 3.05) is 13.2 Å². The molecule has 0 saturated heterocycles. The highest BCUT2D eigenvalue weighted by Gasteiger charge is 2.26. The molecule has 2 N–H and O–H groups in total. The smallest absolute Gasteiger partial charge is 0.355 e. The number of benzene rings is 1. The topological polar surface area (TPSA) is 118 Å². The molecule has 0 unspecified atom stereocenters. The zero-order valence-electron chi connectivity index (χ0n) is 16.3. The van der Waals surface area contributed by atoms with Gasteiger partial charge in [0.05, 0.1) is 17.7 Å². The SMILES string of the molecule is CCOC(=O)c1c(C)[nH]c(C)c1C(=O)COC(=O)c1cc(=O)c2ccccc2[nH]1. The van der Waals surface area contributed by atoms with E-state index in [4.69, 9.17) is 9.47 Å².